The van der Waals surface area contributed by atoms with E-state index in [2.05, 4.69) is 15.0 Å². The Labute approximate surface area is 138 Å². The summed E-state index contributed by atoms with van der Waals surface area (Å²) in [4.78, 5) is 27.9. The van der Waals surface area contributed by atoms with Crippen molar-refractivity contribution in [2.24, 2.45) is 0 Å². The van der Waals surface area contributed by atoms with E-state index < -0.39 is 0 Å². The van der Waals surface area contributed by atoms with Gasteiger partial charge in [0.25, 0.3) is 5.91 Å². The molecule has 0 radical (unpaired) electrons. The maximum atomic E-state index is 12.6. The van der Waals surface area contributed by atoms with E-state index in [1.807, 2.05) is 31.2 Å². The monoisotopic (exact) mass is 327 g/mol. The Hall–Kier alpha value is -2.54. The van der Waals surface area contributed by atoms with Gasteiger partial charge in [-0.2, -0.15) is 0 Å². The maximum absolute atomic E-state index is 12.6. The Morgan fingerprint density at radius 1 is 1.26 bits per heavy atom. The second-order valence-corrected chi connectivity index (χ2v) is 6.22. The van der Waals surface area contributed by atoms with Gasteiger partial charge in [0.1, 0.15) is 4.88 Å². The summed E-state index contributed by atoms with van der Waals surface area (Å²) in [7, 11) is 1.74. The summed E-state index contributed by atoms with van der Waals surface area (Å²) in [6, 6.07) is 7.66. The second kappa shape index (κ2) is 6.29. The van der Waals surface area contributed by atoms with Crippen molar-refractivity contribution in [2.45, 2.75) is 19.9 Å². The van der Waals surface area contributed by atoms with Crippen molar-refractivity contribution in [3.05, 3.63) is 46.7 Å². The van der Waals surface area contributed by atoms with Crippen LogP contribution in [-0.2, 0) is 13.0 Å². The molecule has 0 spiro atoms. The van der Waals surface area contributed by atoms with E-state index in [0.717, 1.165) is 22.4 Å². The Morgan fingerprint density at radius 2 is 2.00 bits per heavy atom. The summed E-state index contributed by atoms with van der Waals surface area (Å²) in [6.07, 6.45) is 2.38. The Morgan fingerprint density at radius 3 is 2.74 bits per heavy atom. The molecule has 0 unspecified atom stereocenters. The lowest BCUT2D eigenvalue weighted by molar-refractivity contribution is 0.0787. The first-order valence-electron chi connectivity index (χ1n) is 7.29. The van der Waals surface area contributed by atoms with Crippen LogP contribution in [0.4, 0.5) is 5.13 Å². The molecule has 3 aromatic rings. The fraction of sp³-hybridized carbons (Fsp3) is 0.250. The number of nitrogens with two attached hydrogens (primary N) is 1. The van der Waals surface area contributed by atoms with Crippen LogP contribution in [0.1, 0.15) is 28.0 Å². The first-order valence-corrected chi connectivity index (χ1v) is 8.11. The van der Waals surface area contributed by atoms with Crippen molar-refractivity contribution in [2.75, 3.05) is 12.8 Å². The number of carbonyl (C=O) groups excluding carboxylic acids is 1. The molecule has 6 nitrogen and oxygen atoms in total. The van der Waals surface area contributed by atoms with Gasteiger partial charge in [0, 0.05) is 7.05 Å². The van der Waals surface area contributed by atoms with Crippen molar-refractivity contribution < 1.29 is 4.79 Å². The molecule has 1 amide bonds. The van der Waals surface area contributed by atoms with Gasteiger partial charge in [0.2, 0.25) is 0 Å². The van der Waals surface area contributed by atoms with Gasteiger partial charge in [0.05, 0.1) is 35.2 Å². The SMILES string of the molecule is CCc1nc(N)sc1C(=O)N(C)Cc1cnc2ccccc2n1. The number of nitrogen functional groups attached to an aromatic ring is 1. The average Bonchev–Trinajstić information content (AvgIpc) is 2.95. The van der Waals surface area contributed by atoms with E-state index in [9.17, 15) is 4.79 Å². The van der Waals surface area contributed by atoms with Crippen molar-refractivity contribution in [1.29, 1.82) is 0 Å². The first-order chi connectivity index (χ1) is 11.1. The second-order valence-electron chi connectivity index (χ2n) is 5.19. The summed E-state index contributed by atoms with van der Waals surface area (Å²) >= 11 is 1.23. The molecule has 0 aliphatic carbocycles. The lowest BCUT2D eigenvalue weighted by atomic mass is 10.2. The zero-order chi connectivity index (χ0) is 16.4. The van der Waals surface area contributed by atoms with Gasteiger partial charge >= 0.3 is 0 Å². The van der Waals surface area contributed by atoms with Gasteiger partial charge in [-0.05, 0) is 18.6 Å². The minimum atomic E-state index is -0.0917. The highest BCUT2D eigenvalue weighted by atomic mass is 32.1. The topological polar surface area (TPSA) is 85.0 Å². The third-order valence-corrected chi connectivity index (χ3v) is 4.40. The van der Waals surface area contributed by atoms with E-state index in [-0.39, 0.29) is 5.91 Å². The molecule has 23 heavy (non-hydrogen) atoms. The number of carbonyl (C=O) groups is 1. The molecule has 0 aliphatic rings. The summed E-state index contributed by atoms with van der Waals surface area (Å²) in [5.74, 6) is -0.0917. The van der Waals surface area contributed by atoms with E-state index in [4.69, 9.17) is 5.73 Å². The predicted octanol–water partition coefficient (Wildman–Crippen LogP) is 2.50. The molecule has 0 bridgehead atoms. The molecule has 1 aromatic carbocycles. The van der Waals surface area contributed by atoms with E-state index >= 15 is 0 Å². The fourth-order valence-electron chi connectivity index (χ4n) is 2.34. The lowest BCUT2D eigenvalue weighted by Crippen LogP contribution is -2.26. The number of aromatic nitrogens is 3. The Bertz CT molecular complexity index is 861. The Kier molecular flexibility index (Phi) is 4.20. The first kappa shape index (κ1) is 15.4. The number of aryl methyl sites for hydroxylation is 1. The normalized spacial score (nSPS) is 10.9. The number of para-hydroxylation sites is 2. The predicted molar refractivity (Wildman–Crippen MR) is 91.2 cm³/mol. The summed E-state index contributed by atoms with van der Waals surface area (Å²) in [6.45, 7) is 2.34. The summed E-state index contributed by atoms with van der Waals surface area (Å²) in [5, 5.41) is 0.420. The van der Waals surface area contributed by atoms with Gasteiger partial charge in [-0.3, -0.25) is 9.78 Å². The van der Waals surface area contributed by atoms with Crippen LogP contribution in [0.15, 0.2) is 30.5 Å². The van der Waals surface area contributed by atoms with Crippen LogP contribution < -0.4 is 5.73 Å². The molecular formula is C16H17N5OS. The molecule has 7 heteroatoms. The highest BCUT2D eigenvalue weighted by molar-refractivity contribution is 7.17. The highest BCUT2D eigenvalue weighted by Crippen LogP contribution is 2.23. The van der Waals surface area contributed by atoms with E-state index in [1.54, 1.807) is 18.1 Å². The van der Waals surface area contributed by atoms with Gasteiger partial charge in [-0.15, -0.1) is 0 Å². The third-order valence-electron chi connectivity index (χ3n) is 3.49. The molecule has 2 aromatic heterocycles. The molecule has 0 aliphatic heterocycles. The molecule has 0 atom stereocenters. The van der Waals surface area contributed by atoms with Gasteiger partial charge < -0.3 is 10.6 Å². The number of thiazole rings is 1. The van der Waals surface area contributed by atoms with Gasteiger partial charge in [-0.1, -0.05) is 30.4 Å². The van der Waals surface area contributed by atoms with Gasteiger partial charge in [0.15, 0.2) is 5.13 Å². The smallest absolute Gasteiger partial charge is 0.266 e. The van der Waals surface area contributed by atoms with Gasteiger partial charge in [-0.25, -0.2) is 9.97 Å². The number of nitrogens with zero attached hydrogens (tertiary/aromatic N) is 4. The minimum absolute atomic E-state index is 0.0917. The van der Waals surface area contributed by atoms with Crippen LogP contribution in [0.25, 0.3) is 11.0 Å². The number of hydrogen-bond acceptors (Lipinski definition) is 6. The number of anilines is 1. The van der Waals surface area contributed by atoms with Crippen molar-refractivity contribution in [1.82, 2.24) is 19.9 Å². The van der Waals surface area contributed by atoms with E-state index in [1.165, 1.54) is 11.3 Å². The molecule has 0 saturated carbocycles. The zero-order valence-electron chi connectivity index (χ0n) is 13.0. The molecule has 3 rings (SSSR count). The molecule has 2 N–H and O–H groups in total. The van der Waals surface area contributed by atoms with Crippen LogP contribution in [0, 0.1) is 0 Å². The number of amides is 1. The number of fused-ring (bicyclic) bond motifs is 1. The molecule has 2 heterocycles. The summed E-state index contributed by atoms with van der Waals surface area (Å²) in [5.41, 5.74) is 8.87. The van der Waals surface area contributed by atoms with Crippen molar-refractivity contribution >= 4 is 33.4 Å². The van der Waals surface area contributed by atoms with Crippen LogP contribution in [-0.4, -0.2) is 32.8 Å². The number of benzene rings is 1. The standard InChI is InChI=1S/C16H17N5OS/c1-3-11-14(23-16(17)20-11)15(22)21(2)9-10-8-18-12-6-4-5-7-13(12)19-10/h4-8H,3,9H2,1-2H3,(H2,17,20). The van der Waals surface area contributed by atoms with Crippen LogP contribution >= 0.6 is 11.3 Å². The van der Waals surface area contributed by atoms with Crippen LogP contribution in [0.2, 0.25) is 0 Å². The quantitative estimate of drug-likeness (QED) is 0.796. The third kappa shape index (κ3) is 3.14. The van der Waals surface area contributed by atoms with E-state index in [0.29, 0.717) is 23.0 Å². The fourth-order valence-corrected chi connectivity index (χ4v) is 3.25. The molecule has 118 valence electrons. The number of rotatable bonds is 4. The highest BCUT2D eigenvalue weighted by Gasteiger charge is 2.20. The lowest BCUT2D eigenvalue weighted by Gasteiger charge is -2.16. The van der Waals surface area contributed by atoms with Crippen molar-refractivity contribution in [3.8, 4) is 0 Å². The number of hydrogen-bond donors (Lipinski definition) is 1. The molecule has 0 fully saturated rings. The zero-order valence-corrected chi connectivity index (χ0v) is 13.8. The molecular weight excluding hydrogens is 310 g/mol. The maximum Gasteiger partial charge on any atom is 0.266 e. The summed E-state index contributed by atoms with van der Waals surface area (Å²) < 4.78 is 0. The van der Waals surface area contributed by atoms with Crippen molar-refractivity contribution in [3.63, 3.8) is 0 Å². The van der Waals surface area contributed by atoms with Crippen LogP contribution in [0.5, 0.6) is 0 Å². The average molecular weight is 327 g/mol. The minimum Gasteiger partial charge on any atom is -0.375 e. The molecule has 0 saturated heterocycles. The largest absolute Gasteiger partial charge is 0.375 e. The van der Waals surface area contributed by atoms with Crippen LogP contribution in [0.3, 0.4) is 0 Å². The Balaban J connectivity index is 1.81.